The van der Waals surface area contributed by atoms with Crippen molar-refractivity contribution in [1.82, 2.24) is 15.6 Å². The van der Waals surface area contributed by atoms with E-state index in [-0.39, 0.29) is 5.92 Å². The van der Waals surface area contributed by atoms with Crippen LogP contribution >= 0.6 is 11.3 Å². The molecule has 1 aromatic heterocycles. The van der Waals surface area contributed by atoms with Crippen LogP contribution in [0.25, 0.3) is 0 Å². The topological polar surface area (TPSA) is 91.3 Å². The number of carbonyl (C=O) groups is 2. The summed E-state index contributed by atoms with van der Waals surface area (Å²) in [5.74, 6) is -0.830. The van der Waals surface area contributed by atoms with E-state index in [1.54, 1.807) is 17.5 Å². The molecule has 1 fully saturated rings. The normalized spacial score (nSPS) is 18.4. The zero-order chi connectivity index (χ0) is 14.6. The molecule has 0 saturated heterocycles. The van der Waals surface area contributed by atoms with Gasteiger partial charge in [0.2, 0.25) is 0 Å². The number of urea groups is 1. The number of rotatable bonds is 5. The first-order valence-corrected chi connectivity index (χ1v) is 7.60. The van der Waals surface area contributed by atoms with Crippen LogP contribution in [0.5, 0.6) is 0 Å². The van der Waals surface area contributed by atoms with E-state index in [2.05, 4.69) is 15.6 Å². The molecule has 0 aromatic carbocycles. The van der Waals surface area contributed by atoms with Gasteiger partial charge in [-0.05, 0) is 12.8 Å². The largest absolute Gasteiger partial charge is 0.480 e. The molecule has 6 nitrogen and oxygen atoms in total. The van der Waals surface area contributed by atoms with E-state index in [0.717, 1.165) is 17.8 Å². The molecule has 20 heavy (non-hydrogen) atoms. The highest BCUT2D eigenvalue weighted by molar-refractivity contribution is 7.09. The van der Waals surface area contributed by atoms with Crippen molar-refractivity contribution in [3.8, 4) is 0 Å². The minimum absolute atomic E-state index is 0.116. The summed E-state index contributed by atoms with van der Waals surface area (Å²) in [6, 6.07) is -0.419. The first-order chi connectivity index (χ1) is 9.53. The maximum atomic E-state index is 11.9. The van der Waals surface area contributed by atoms with Gasteiger partial charge in [0.1, 0.15) is 5.54 Å². The van der Waals surface area contributed by atoms with Gasteiger partial charge in [-0.3, -0.25) is 0 Å². The fourth-order valence-electron chi connectivity index (χ4n) is 2.44. The van der Waals surface area contributed by atoms with Crippen LogP contribution in [0.1, 0.15) is 43.5 Å². The van der Waals surface area contributed by atoms with Gasteiger partial charge >= 0.3 is 12.0 Å². The number of carboxylic acids is 1. The van der Waals surface area contributed by atoms with Crippen molar-refractivity contribution in [3.05, 3.63) is 16.6 Å². The molecule has 7 heteroatoms. The smallest absolute Gasteiger partial charge is 0.329 e. The summed E-state index contributed by atoms with van der Waals surface area (Å²) in [5, 5.41) is 17.5. The zero-order valence-electron chi connectivity index (χ0n) is 11.4. The van der Waals surface area contributed by atoms with Gasteiger partial charge in [0.05, 0.1) is 5.01 Å². The third kappa shape index (κ3) is 3.27. The van der Waals surface area contributed by atoms with Gasteiger partial charge in [-0.1, -0.05) is 19.8 Å². The molecule has 3 N–H and O–H groups in total. The monoisotopic (exact) mass is 297 g/mol. The lowest BCUT2D eigenvalue weighted by Gasteiger charge is -2.25. The van der Waals surface area contributed by atoms with Crippen molar-refractivity contribution in [2.45, 2.75) is 44.1 Å². The third-order valence-electron chi connectivity index (χ3n) is 3.66. The van der Waals surface area contributed by atoms with Gasteiger partial charge < -0.3 is 15.7 Å². The van der Waals surface area contributed by atoms with E-state index >= 15 is 0 Å². The maximum absolute atomic E-state index is 11.9. The van der Waals surface area contributed by atoms with E-state index in [1.807, 2.05) is 12.3 Å². The van der Waals surface area contributed by atoms with Crippen LogP contribution in [0.4, 0.5) is 4.79 Å². The summed E-state index contributed by atoms with van der Waals surface area (Å²) in [6.07, 6.45) is 4.40. The molecular weight excluding hydrogens is 278 g/mol. The lowest BCUT2D eigenvalue weighted by molar-refractivity contribution is -0.144. The van der Waals surface area contributed by atoms with E-state index in [0.29, 0.717) is 19.4 Å². The molecule has 2 amide bonds. The first-order valence-electron chi connectivity index (χ1n) is 6.72. The second-order valence-electron chi connectivity index (χ2n) is 5.20. The van der Waals surface area contributed by atoms with Gasteiger partial charge in [-0.15, -0.1) is 11.3 Å². The number of hydrogen-bond donors (Lipinski definition) is 3. The van der Waals surface area contributed by atoms with Crippen molar-refractivity contribution >= 4 is 23.3 Å². The van der Waals surface area contributed by atoms with Crippen molar-refractivity contribution < 1.29 is 14.7 Å². The molecule has 1 aliphatic rings. The Morgan fingerprint density at radius 2 is 2.20 bits per heavy atom. The second-order valence-corrected chi connectivity index (χ2v) is 6.13. The summed E-state index contributed by atoms with van der Waals surface area (Å²) in [5.41, 5.74) is -1.09. The molecular formula is C13H19N3O3S. The van der Waals surface area contributed by atoms with Crippen molar-refractivity contribution in [3.63, 3.8) is 0 Å². The lowest BCUT2D eigenvalue weighted by Crippen LogP contribution is -2.55. The van der Waals surface area contributed by atoms with Crippen molar-refractivity contribution in [1.29, 1.82) is 0 Å². The molecule has 1 atom stereocenters. The number of amides is 2. The van der Waals surface area contributed by atoms with Crippen LogP contribution in [0.3, 0.4) is 0 Å². The quantitative estimate of drug-likeness (QED) is 0.774. The number of thiazole rings is 1. The van der Waals surface area contributed by atoms with Crippen molar-refractivity contribution in [2.24, 2.45) is 0 Å². The van der Waals surface area contributed by atoms with E-state index in [4.69, 9.17) is 0 Å². The number of aromatic nitrogens is 1. The summed E-state index contributed by atoms with van der Waals surface area (Å²) in [4.78, 5) is 27.4. The average molecular weight is 297 g/mol. The number of nitrogens with zero attached hydrogens (tertiary/aromatic N) is 1. The van der Waals surface area contributed by atoms with Crippen LogP contribution < -0.4 is 10.6 Å². The number of aliphatic carboxylic acids is 1. The Hall–Kier alpha value is -1.63. The minimum Gasteiger partial charge on any atom is -0.480 e. The van der Waals surface area contributed by atoms with Crippen LogP contribution in [-0.2, 0) is 4.79 Å². The Morgan fingerprint density at radius 3 is 2.75 bits per heavy atom. The van der Waals surface area contributed by atoms with E-state index in [1.165, 1.54) is 0 Å². The molecule has 2 rings (SSSR count). The van der Waals surface area contributed by atoms with Gasteiger partial charge in [-0.2, -0.15) is 0 Å². The zero-order valence-corrected chi connectivity index (χ0v) is 12.2. The van der Waals surface area contributed by atoms with Gasteiger partial charge in [0.15, 0.2) is 0 Å². The average Bonchev–Trinajstić information content (AvgIpc) is 3.07. The highest BCUT2D eigenvalue weighted by Crippen LogP contribution is 2.29. The molecule has 1 unspecified atom stereocenters. The molecule has 0 bridgehead atoms. The highest BCUT2D eigenvalue weighted by Gasteiger charge is 2.42. The maximum Gasteiger partial charge on any atom is 0.329 e. The Labute approximate surface area is 121 Å². The fourth-order valence-corrected chi connectivity index (χ4v) is 3.14. The standard InChI is InChI=1S/C13H19N3O3S/c1-9(10-14-6-7-20-10)8-15-12(19)16-13(11(17)18)4-2-3-5-13/h6-7,9H,2-5,8H2,1H3,(H,17,18)(H2,15,16,19). The Balaban J connectivity index is 1.84. The molecule has 1 aromatic rings. The molecule has 0 radical (unpaired) electrons. The molecule has 1 saturated carbocycles. The van der Waals surface area contributed by atoms with Gasteiger partial charge in [-0.25, -0.2) is 14.6 Å². The third-order valence-corrected chi connectivity index (χ3v) is 4.67. The Morgan fingerprint density at radius 1 is 1.50 bits per heavy atom. The van der Waals surface area contributed by atoms with Crippen LogP contribution in [0.2, 0.25) is 0 Å². The summed E-state index contributed by atoms with van der Waals surface area (Å²) < 4.78 is 0. The summed E-state index contributed by atoms with van der Waals surface area (Å²) in [6.45, 7) is 2.41. The minimum atomic E-state index is -1.09. The molecule has 1 heterocycles. The number of nitrogens with one attached hydrogen (secondary N) is 2. The number of carbonyl (C=O) groups excluding carboxylic acids is 1. The van der Waals surface area contributed by atoms with Crippen LogP contribution in [0.15, 0.2) is 11.6 Å². The highest BCUT2D eigenvalue weighted by atomic mass is 32.1. The predicted molar refractivity (Wildman–Crippen MR) is 75.9 cm³/mol. The van der Waals surface area contributed by atoms with Crippen LogP contribution in [0, 0.1) is 0 Å². The van der Waals surface area contributed by atoms with Gasteiger partial charge in [0, 0.05) is 24.0 Å². The molecule has 110 valence electrons. The molecule has 1 aliphatic carbocycles. The Kier molecular flexibility index (Phi) is 4.59. The predicted octanol–water partition coefficient (Wildman–Crippen LogP) is 1.94. The SMILES string of the molecule is CC(CNC(=O)NC1(C(=O)O)CCCC1)c1nccs1. The van der Waals surface area contributed by atoms with E-state index < -0.39 is 17.5 Å². The number of carboxylic acid groups (broad SMARTS) is 1. The van der Waals surface area contributed by atoms with Gasteiger partial charge in [0.25, 0.3) is 0 Å². The fraction of sp³-hybridized carbons (Fsp3) is 0.615. The summed E-state index contributed by atoms with van der Waals surface area (Å²) in [7, 11) is 0. The van der Waals surface area contributed by atoms with Crippen LogP contribution in [-0.4, -0.2) is 34.2 Å². The Bertz CT molecular complexity index is 469. The molecule has 0 spiro atoms. The molecule has 0 aliphatic heterocycles. The second kappa shape index (κ2) is 6.21. The summed E-state index contributed by atoms with van der Waals surface area (Å²) >= 11 is 1.54. The first kappa shape index (κ1) is 14.8. The number of hydrogen-bond acceptors (Lipinski definition) is 4. The van der Waals surface area contributed by atoms with E-state index in [9.17, 15) is 14.7 Å². The lowest BCUT2D eigenvalue weighted by atomic mass is 9.98. The van der Waals surface area contributed by atoms with Crippen molar-refractivity contribution in [2.75, 3.05) is 6.54 Å².